The van der Waals surface area contributed by atoms with Crippen LogP contribution in [0.4, 0.5) is 0 Å². The van der Waals surface area contributed by atoms with E-state index in [4.69, 9.17) is 11.6 Å². The van der Waals surface area contributed by atoms with Crippen molar-refractivity contribution in [3.05, 3.63) is 50.9 Å². The van der Waals surface area contributed by atoms with Crippen molar-refractivity contribution in [1.29, 1.82) is 0 Å². The Bertz CT molecular complexity index is 715. The van der Waals surface area contributed by atoms with Gasteiger partial charge in [-0.3, -0.25) is 9.59 Å². The Labute approximate surface area is 157 Å². The van der Waals surface area contributed by atoms with Crippen LogP contribution in [0.15, 0.2) is 29.6 Å². The van der Waals surface area contributed by atoms with E-state index < -0.39 is 0 Å². The highest BCUT2D eigenvalue weighted by atomic mass is 35.5. The first kappa shape index (κ1) is 19.4. The lowest BCUT2D eigenvalue weighted by atomic mass is 10.2. The van der Waals surface area contributed by atoms with E-state index in [1.807, 2.05) is 13.8 Å². The van der Waals surface area contributed by atoms with Gasteiger partial charge in [0.2, 0.25) is 0 Å². The van der Waals surface area contributed by atoms with E-state index >= 15 is 0 Å². The predicted molar refractivity (Wildman–Crippen MR) is 101 cm³/mol. The van der Waals surface area contributed by atoms with Crippen LogP contribution in [0.25, 0.3) is 0 Å². The van der Waals surface area contributed by atoms with E-state index in [0.717, 1.165) is 17.8 Å². The summed E-state index contributed by atoms with van der Waals surface area (Å²) in [5.41, 5.74) is 0.999. The molecule has 2 aromatic rings. The van der Waals surface area contributed by atoms with Gasteiger partial charge in [-0.15, -0.1) is 11.3 Å². The molecule has 1 aromatic carbocycles. The topological polar surface area (TPSA) is 62.3 Å². The summed E-state index contributed by atoms with van der Waals surface area (Å²) < 4.78 is 0. The van der Waals surface area contributed by atoms with Crippen molar-refractivity contribution in [2.24, 2.45) is 0 Å². The number of hydrogen-bond acceptors (Lipinski definition) is 4. The Hall–Kier alpha value is -1.92. The molecule has 1 aromatic heterocycles. The van der Waals surface area contributed by atoms with Gasteiger partial charge in [-0.25, -0.2) is 4.98 Å². The van der Waals surface area contributed by atoms with Crippen LogP contribution >= 0.6 is 22.9 Å². The van der Waals surface area contributed by atoms with Gasteiger partial charge in [0.1, 0.15) is 10.7 Å². The van der Waals surface area contributed by atoms with Crippen molar-refractivity contribution in [2.45, 2.75) is 33.2 Å². The highest BCUT2D eigenvalue weighted by Gasteiger charge is 2.18. The number of nitrogens with zero attached hydrogens (tertiary/aromatic N) is 2. The predicted octanol–water partition coefficient (Wildman–Crippen LogP) is 3.99. The molecule has 0 bridgehead atoms. The minimum absolute atomic E-state index is 0.0642. The summed E-state index contributed by atoms with van der Waals surface area (Å²) in [6.45, 7) is 5.66. The van der Waals surface area contributed by atoms with Crippen molar-refractivity contribution >= 4 is 34.8 Å². The van der Waals surface area contributed by atoms with Crippen LogP contribution < -0.4 is 5.32 Å². The Kier molecular flexibility index (Phi) is 7.40. The van der Waals surface area contributed by atoms with Crippen LogP contribution in [-0.4, -0.2) is 34.8 Å². The summed E-state index contributed by atoms with van der Waals surface area (Å²) >= 11 is 7.28. The smallest absolute Gasteiger partial charge is 0.270 e. The van der Waals surface area contributed by atoms with E-state index in [0.29, 0.717) is 35.9 Å². The minimum atomic E-state index is -0.171. The van der Waals surface area contributed by atoms with E-state index in [2.05, 4.69) is 10.3 Å². The van der Waals surface area contributed by atoms with Crippen LogP contribution in [-0.2, 0) is 6.54 Å². The molecular formula is C18H22ClN3O2S. The second-order valence-electron chi connectivity index (χ2n) is 5.62. The first-order valence-corrected chi connectivity index (χ1v) is 9.58. The maximum atomic E-state index is 12.7. The molecule has 5 nitrogen and oxygen atoms in total. The molecule has 25 heavy (non-hydrogen) atoms. The number of nitrogens with one attached hydrogen (secondary N) is 1. The second kappa shape index (κ2) is 9.53. The Morgan fingerprint density at radius 1 is 1.20 bits per heavy atom. The van der Waals surface area contributed by atoms with Gasteiger partial charge in [0.25, 0.3) is 11.8 Å². The van der Waals surface area contributed by atoms with Crippen molar-refractivity contribution < 1.29 is 9.59 Å². The highest BCUT2D eigenvalue weighted by molar-refractivity contribution is 7.09. The number of thiazole rings is 1. The Balaban J connectivity index is 2.08. The normalized spacial score (nSPS) is 10.5. The Morgan fingerprint density at radius 2 is 1.92 bits per heavy atom. The van der Waals surface area contributed by atoms with Gasteiger partial charge < -0.3 is 10.2 Å². The average Bonchev–Trinajstić information content (AvgIpc) is 3.08. The monoisotopic (exact) mass is 379 g/mol. The fourth-order valence-electron chi connectivity index (χ4n) is 2.28. The third-order valence-electron chi connectivity index (χ3n) is 3.52. The number of amides is 2. The lowest BCUT2D eigenvalue weighted by molar-refractivity contribution is 0.0743. The summed E-state index contributed by atoms with van der Waals surface area (Å²) in [5.74, 6) is -0.235. The SMILES string of the molecule is CCCNC(=O)c1csc(CN(CCC)C(=O)c2ccc(Cl)cc2)n1. The lowest BCUT2D eigenvalue weighted by Gasteiger charge is -2.21. The molecule has 134 valence electrons. The molecule has 0 fully saturated rings. The van der Waals surface area contributed by atoms with Crippen LogP contribution in [0, 0.1) is 0 Å². The number of rotatable bonds is 8. The van der Waals surface area contributed by atoms with Gasteiger partial charge in [0.15, 0.2) is 0 Å². The number of halogens is 1. The average molecular weight is 380 g/mol. The van der Waals surface area contributed by atoms with Crippen molar-refractivity contribution in [3.63, 3.8) is 0 Å². The van der Waals surface area contributed by atoms with Gasteiger partial charge in [-0.1, -0.05) is 25.4 Å². The number of carbonyl (C=O) groups is 2. The second-order valence-corrected chi connectivity index (χ2v) is 7.00. The summed E-state index contributed by atoms with van der Waals surface area (Å²) in [6.07, 6.45) is 1.72. The van der Waals surface area contributed by atoms with Gasteiger partial charge >= 0.3 is 0 Å². The lowest BCUT2D eigenvalue weighted by Crippen LogP contribution is -2.31. The zero-order valence-electron chi connectivity index (χ0n) is 14.4. The quantitative estimate of drug-likeness (QED) is 0.754. The highest BCUT2D eigenvalue weighted by Crippen LogP contribution is 2.16. The van der Waals surface area contributed by atoms with Crippen molar-refractivity contribution in [3.8, 4) is 0 Å². The zero-order chi connectivity index (χ0) is 18.2. The van der Waals surface area contributed by atoms with E-state index in [9.17, 15) is 9.59 Å². The van der Waals surface area contributed by atoms with Gasteiger partial charge in [-0.2, -0.15) is 0 Å². The molecule has 2 rings (SSSR count). The molecule has 0 atom stereocenters. The fourth-order valence-corrected chi connectivity index (χ4v) is 3.19. The molecule has 2 amide bonds. The standard InChI is InChI=1S/C18H22ClN3O2S/c1-3-9-20-17(23)15-12-25-16(21-15)11-22(10-4-2)18(24)13-5-7-14(19)8-6-13/h5-8,12H,3-4,9-11H2,1-2H3,(H,20,23). The number of aromatic nitrogens is 1. The van der Waals surface area contributed by atoms with Crippen LogP contribution in [0.1, 0.15) is 52.5 Å². The van der Waals surface area contributed by atoms with Crippen LogP contribution in [0.2, 0.25) is 5.02 Å². The summed E-state index contributed by atoms with van der Waals surface area (Å²) in [4.78, 5) is 30.8. The van der Waals surface area contributed by atoms with Gasteiger partial charge in [0, 0.05) is 29.1 Å². The summed E-state index contributed by atoms with van der Waals surface area (Å²) in [5, 5.41) is 5.89. The Morgan fingerprint density at radius 3 is 2.56 bits per heavy atom. The minimum Gasteiger partial charge on any atom is -0.351 e. The van der Waals surface area contributed by atoms with Crippen molar-refractivity contribution in [1.82, 2.24) is 15.2 Å². The van der Waals surface area contributed by atoms with Crippen LogP contribution in [0.5, 0.6) is 0 Å². The first-order valence-electron chi connectivity index (χ1n) is 8.32. The maximum Gasteiger partial charge on any atom is 0.270 e. The first-order chi connectivity index (χ1) is 12.0. The molecule has 0 saturated carbocycles. The molecule has 0 aliphatic heterocycles. The number of benzene rings is 1. The van der Waals surface area contributed by atoms with Gasteiger partial charge in [-0.05, 0) is 37.1 Å². The molecule has 1 heterocycles. The molecule has 0 aliphatic carbocycles. The summed E-state index contributed by atoms with van der Waals surface area (Å²) in [6, 6.07) is 6.86. The van der Waals surface area contributed by atoms with E-state index in [-0.39, 0.29) is 11.8 Å². The molecule has 0 aliphatic rings. The molecule has 0 radical (unpaired) electrons. The van der Waals surface area contributed by atoms with E-state index in [1.165, 1.54) is 11.3 Å². The molecular weight excluding hydrogens is 358 g/mol. The van der Waals surface area contributed by atoms with Crippen LogP contribution in [0.3, 0.4) is 0 Å². The van der Waals surface area contributed by atoms with Crippen molar-refractivity contribution in [2.75, 3.05) is 13.1 Å². The molecule has 7 heteroatoms. The third-order valence-corrected chi connectivity index (χ3v) is 4.60. The molecule has 0 spiro atoms. The van der Waals surface area contributed by atoms with Gasteiger partial charge in [0.05, 0.1) is 6.54 Å². The maximum absolute atomic E-state index is 12.7. The number of hydrogen-bond donors (Lipinski definition) is 1. The molecule has 0 unspecified atom stereocenters. The summed E-state index contributed by atoms with van der Waals surface area (Å²) in [7, 11) is 0. The number of carbonyl (C=O) groups excluding carboxylic acids is 2. The zero-order valence-corrected chi connectivity index (χ0v) is 16.0. The molecule has 1 N–H and O–H groups in total. The third kappa shape index (κ3) is 5.54. The van der Waals surface area contributed by atoms with E-state index in [1.54, 1.807) is 34.5 Å². The largest absolute Gasteiger partial charge is 0.351 e. The fraction of sp³-hybridized carbons (Fsp3) is 0.389. The molecule has 0 saturated heterocycles.